The average Bonchev–Trinajstić information content (AvgIpc) is 2.88. The van der Waals surface area contributed by atoms with E-state index in [0.29, 0.717) is 5.69 Å². The van der Waals surface area contributed by atoms with E-state index in [0.717, 1.165) is 30.6 Å². The van der Waals surface area contributed by atoms with Crippen molar-refractivity contribution >= 4 is 5.69 Å². The quantitative estimate of drug-likeness (QED) is 0.889. The zero-order chi connectivity index (χ0) is 13.2. The molecule has 1 atom stereocenters. The topological polar surface area (TPSA) is 49.0 Å². The predicted molar refractivity (Wildman–Crippen MR) is 69.1 cm³/mol. The van der Waals surface area contributed by atoms with E-state index in [1.54, 1.807) is 18.4 Å². The molecule has 1 aliphatic carbocycles. The van der Waals surface area contributed by atoms with Crippen molar-refractivity contribution in [1.29, 1.82) is 5.26 Å². The number of fused-ring (bicyclic) bond motifs is 1. The molecule has 4 heteroatoms. The first-order valence-corrected chi connectivity index (χ1v) is 6.31. The molecule has 0 amide bonds. The summed E-state index contributed by atoms with van der Waals surface area (Å²) < 4.78 is 19.0. The molecule has 2 aromatic rings. The lowest BCUT2D eigenvalue weighted by Crippen LogP contribution is -2.16. The first kappa shape index (κ1) is 11.8. The van der Waals surface area contributed by atoms with Gasteiger partial charge in [0.15, 0.2) is 0 Å². The van der Waals surface area contributed by atoms with Crippen molar-refractivity contribution in [3.63, 3.8) is 0 Å². The number of benzene rings is 1. The lowest BCUT2D eigenvalue weighted by atomic mass is 9.93. The minimum atomic E-state index is -0.490. The van der Waals surface area contributed by atoms with Gasteiger partial charge in [0.05, 0.1) is 18.0 Å². The second-order valence-electron chi connectivity index (χ2n) is 4.66. The number of hydrogen-bond donors (Lipinski definition) is 1. The van der Waals surface area contributed by atoms with Crippen LogP contribution in [-0.4, -0.2) is 0 Å². The summed E-state index contributed by atoms with van der Waals surface area (Å²) in [5, 5.41) is 12.3. The Morgan fingerprint density at radius 3 is 3.11 bits per heavy atom. The van der Waals surface area contributed by atoms with Crippen molar-refractivity contribution in [3.05, 3.63) is 53.2 Å². The summed E-state index contributed by atoms with van der Waals surface area (Å²) in [5.41, 5.74) is 1.72. The summed E-state index contributed by atoms with van der Waals surface area (Å²) in [7, 11) is 0. The minimum absolute atomic E-state index is 0.0677. The maximum absolute atomic E-state index is 13.6. The number of nitrogens with one attached hydrogen (secondary N) is 1. The van der Waals surface area contributed by atoms with Gasteiger partial charge in [0.25, 0.3) is 0 Å². The van der Waals surface area contributed by atoms with Gasteiger partial charge in [0.1, 0.15) is 23.2 Å². The van der Waals surface area contributed by atoms with Gasteiger partial charge in [-0.25, -0.2) is 4.39 Å². The van der Waals surface area contributed by atoms with Crippen LogP contribution in [0.5, 0.6) is 0 Å². The molecular weight excluding hydrogens is 243 g/mol. The van der Waals surface area contributed by atoms with Crippen LogP contribution < -0.4 is 5.32 Å². The lowest BCUT2D eigenvalue weighted by molar-refractivity contribution is 0.461. The van der Waals surface area contributed by atoms with Gasteiger partial charge in [-0.3, -0.25) is 0 Å². The molecule has 19 heavy (non-hydrogen) atoms. The smallest absolute Gasteiger partial charge is 0.143 e. The molecule has 1 aromatic carbocycles. The fourth-order valence-electron chi connectivity index (χ4n) is 2.58. The highest BCUT2D eigenvalue weighted by Gasteiger charge is 2.23. The molecular formula is C15H13FN2O. The van der Waals surface area contributed by atoms with E-state index in [1.165, 1.54) is 6.07 Å². The molecule has 3 rings (SSSR count). The molecule has 0 bridgehead atoms. The minimum Gasteiger partial charge on any atom is -0.469 e. The van der Waals surface area contributed by atoms with Crippen molar-refractivity contribution in [2.24, 2.45) is 0 Å². The normalized spacial score (nSPS) is 17.6. The maximum Gasteiger partial charge on any atom is 0.143 e. The second kappa shape index (κ2) is 4.77. The Morgan fingerprint density at radius 2 is 2.26 bits per heavy atom. The predicted octanol–water partition coefficient (Wildman–Crippen LogP) is 3.78. The van der Waals surface area contributed by atoms with E-state index < -0.39 is 5.82 Å². The van der Waals surface area contributed by atoms with Gasteiger partial charge >= 0.3 is 0 Å². The van der Waals surface area contributed by atoms with E-state index in [2.05, 4.69) is 5.32 Å². The van der Waals surface area contributed by atoms with Crippen LogP contribution in [0.2, 0.25) is 0 Å². The van der Waals surface area contributed by atoms with E-state index in [1.807, 2.05) is 12.1 Å². The van der Waals surface area contributed by atoms with Gasteiger partial charge in [-0.2, -0.15) is 5.26 Å². The van der Waals surface area contributed by atoms with Gasteiger partial charge in [-0.05, 0) is 31.0 Å². The number of rotatable bonds is 2. The van der Waals surface area contributed by atoms with Crippen LogP contribution in [0, 0.1) is 17.1 Å². The zero-order valence-electron chi connectivity index (χ0n) is 10.3. The highest BCUT2D eigenvalue weighted by molar-refractivity contribution is 5.59. The SMILES string of the molecule is N#Cc1c(F)cccc1NC1CCCc2occc21. The van der Waals surface area contributed by atoms with Crippen LogP contribution in [-0.2, 0) is 6.42 Å². The molecule has 0 fully saturated rings. The summed E-state index contributed by atoms with van der Waals surface area (Å²) >= 11 is 0. The molecule has 0 saturated carbocycles. The summed E-state index contributed by atoms with van der Waals surface area (Å²) in [6.07, 6.45) is 4.60. The number of nitrogens with zero attached hydrogens (tertiary/aromatic N) is 1. The molecule has 3 nitrogen and oxygen atoms in total. The number of aryl methyl sites for hydroxylation is 1. The molecule has 96 valence electrons. The Balaban J connectivity index is 1.92. The van der Waals surface area contributed by atoms with Crippen molar-refractivity contribution < 1.29 is 8.81 Å². The highest BCUT2D eigenvalue weighted by Crippen LogP contribution is 2.34. The van der Waals surface area contributed by atoms with E-state index in [4.69, 9.17) is 9.68 Å². The fraction of sp³-hybridized carbons (Fsp3) is 0.267. The summed E-state index contributed by atoms with van der Waals surface area (Å²) in [5.74, 6) is 0.495. The molecule has 1 N–H and O–H groups in total. The third-order valence-electron chi connectivity index (χ3n) is 3.51. The van der Waals surface area contributed by atoms with Crippen LogP contribution in [0.1, 0.15) is 35.8 Å². The Bertz CT molecular complexity index is 642. The van der Waals surface area contributed by atoms with E-state index in [-0.39, 0.29) is 11.6 Å². The van der Waals surface area contributed by atoms with Gasteiger partial charge in [-0.1, -0.05) is 6.07 Å². The van der Waals surface area contributed by atoms with Gasteiger partial charge in [-0.15, -0.1) is 0 Å². The highest BCUT2D eigenvalue weighted by atomic mass is 19.1. The lowest BCUT2D eigenvalue weighted by Gasteiger charge is -2.24. The Morgan fingerprint density at radius 1 is 1.37 bits per heavy atom. The Labute approximate surface area is 110 Å². The monoisotopic (exact) mass is 256 g/mol. The number of furan rings is 1. The Kier molecular flexibility index (Phi) is 2.96. The van der Waals surface area contributed by atoms with Crippen molar-refractivity contribution in [3.8, 4) is 6.07 Å². The number of nitriles is 1. The van der Waals surface area contributed by atoms with Crippen LogP contribution in [0.4, 0.5) is 10.1 Å². The van der Waals surface area contributed by atoms with Crippen molar-refractivity contribution in [2.75, 3.05) is 5.32 Å². The van der Waals surface area contributed by atoms with Crippen LogP contribution in [0.3, 0.4) is 0 Å². The van der Waals surface area contributed by atoms with Crippen molar-refractivity contribution in [1.82, 2.24) is 0 Å². The van der Waals surface area contributed by atoms with Gasteiger partial charge < -0.3 is 9.73 Å². The summed E-state index contributed by atoms with van der Waals surface area (Å²) in [4.78, 5) is 0. The van der Waals surface area contributed by atoms with Crippen molar-refractivity contribution in [2.45, 2.75) is 25.3 Å². The third kappa shape index (κ3) is 2.08. The average molecular weight is 256 g/mol. The van der Waals surface area contributed by atoms with E-state index in [9.17, 15) is 4.39 Å². The molecule has 1 unspecified atom stereocenters. The zero-order valence-corrected chi connectivity index (χ0v) is 10.3. The van der Waals surface area contributed by atoms with Gasteiger partial charge in [0, 0.05) is 12.0 Å². The number of halogens is 1. The Hall–Kier alpha value is -2.28. The fourth-order valence-corrected chi connectivity index (χ4v) is 2.58. The molecule has 1 aromatic heterocycles. The number of hydrogen-bond acceptors (Lipinski definition) is 3. The number of anilines is 1. The van der Waals surface area contributed by atoms with Crippen LogP contribution in [0.25, 0.3) is 0 Å². The molecule has 1 aliphatic rings. The maximum atomic E-state index is 13.6. The summed E-state index contributed by atoms with van der Waals surface area (Å²) in [6.45, 7) is 0. The standard InChI is InChI=1S/C15H13FN2O/c16-12-3-1-4-14(11(12)9-17)18-13-5-2-6-15-10(13)7-8-19-15/h1,3-4,7-8,13,18H,2,5-6H2. The summed E-state index contributed by atoms with van der Waals surface area (Å²) in [6, 6.07) is 8.57. The van der Waals surface area contributed by atoms with Gasteiger partial charge in [0.2, 0.25) is 0 Å². The second-order valence-corrected chi connectivity index (χ2v) is 4.66. The molecule has 0 spiro atoms. The first-order valence-electron chi connectivity index (χ1n) is 6.31. The van der Waals surface area contributed by atoms with Crippen LogP contribution in [0.15, 0.2) is 34.9 Å². The molecule has 0 radical (unpaired) electrons. The molecule has 1 heterocycles. The van der Waals surface area contributed by atoms with E-state index >= 15 is 0 Å². The first-order chi connectivity index (χ1) is 9.29. The third-order valence-corrected chi connectivity index (χ3v) is 3.51. The van der Waals surface area contributed by atoms with Crippen LogP contribution >= 0.6 is 0 Å². The molecule has 0 aliphatic heterocycles. The molecule has 0 saturated heterocycles. The largest absolute Gasteiger partial charge is 0.469 e.